The van der Waals surface area contributed by atoms with Crippen LogP contribution in [0.5, 0.6) is 0 Å². The summed E-state index contributed by atoms with van der Waals surface area (Å²) in [6.07, 6.45) is -4.49. The van der Waals surface area contributed by atoms with Crippen molar-refractivity contribution in [3.05, 3.63) is 71.0 Å². The zero-order valence-corrected chi connectivity index (χ0v) is 14.7. The first-order valence-electron chi connectivity index (χ1n) is 7.74. The monoisotopic (exact) mass is 404 g/mol. The van der Waals surface area contributed by atoms with E-state index in [-0.39, 0.29) is 24.4 Å². The molecule has 0 aliphatic rings. The van der Waals surface area contributed by atoms with Crippen LogP contribution in [0.25, 0.3) is 0 Å². The molecule has 0 atom stereocenters. The topological polar surface area (TPSA) is 75.3 Å². The SMILES string of the molecule is O=C(NCCNS(=O)(=O)Cc1ccc(F)cc1)c1ccc(C(F)(F)F)cc1. The first-order valence-corrected chi connectivity index (χ1v) is 9.39. The van der Waals surface area contributed by atoms with Gasteiger partial charge in [-0.3, -0.25) is 4.79 Å². The van der Waals surface area contributed by atoms with Gasteiger partial charge < -0.3 is 5.32 Å². The minimum atomic E-state index is -4.49. The lowest BCUT2D eigenvalue weighted by atomic mass is 10.1. The highest BCUT2D eigenvalue weighted by Crippen LogP contribution is 2.29. The summed E-state index contributed by atoms with van der Waals surface area (Å²) in [5.74, 6) is -1.45. The van der Waals surface area contributed by atoms with Crippen LogP contribution in [0.2, 0.25) is 0 Å². The van der Waals surface area contributed by atoms with Crippen molar-refractivity contribution in [2.24, 2.45) is 0 Å². The molecule has 0 bridgehead atoms. The lowest BCUT2D eigenvalue weighted by Gasteiger charge is -2.09. The molecule has 146 valence electrons. The number of hydrogen-bond acceptors (Lipinski definition) is 3. The second-order valence-electron chi connectivity index (χ2n) is 5.61. The van der Waals surface area contributed by atoms with Crippen LogP contribution in [-0.2, 0) is 22.0 Å². The maximum Gasteiger partial charge on any atom is 0.416 e. The van der Waals surface area contributed by atoms with Crippen molar-refractivity contribution >= 4 is 15.9 Å². The number of alkyl halides is 3. The van der Waals surface area contributed by atoms with E-state index in [2.05, 4.69) is 10.0 Å². The third-order valence-electron chi connectivity index (χ3n) is 3.48. The maximum absolute atomic E-state index is 12.8. The van der Waals surface area contributed by atoms with Gasteiger partial charge in [0.2, 0.25) is 10.0 Å². The van der Waals surface area contributed by atoms with Crippen molar-refractivity contribution in [2.45, 2.75) is 11.9 Å². The molecule has 2 N–H and O–H groups in total. The lowest BCUT2D eigenvalue weighted by Crippen LogP contribution is -2.35. The number of carbonyl (C=O) groups is 1. The zero-order chi connectivity index (χ0) is 20.1. The van der Waals surface area contributed by atoms with Gasteiger partial charge in [0.05, 0.1) is 11.3 Å². The summed E-state index contributed by atoms with van der Waals surface area (Å²) in [7, 11) is -3.68. The van der Waals surface area contributed by atoms with Gasteiger partial charge in [0.1, 0.15) is 5.82 Å². The maximum atomic E-state index is 12.8. The fourth-order valence-corrected chi connectivity index (χ4v) is 3.29. The highest BCUT2D eigenvalue weighted by atomic mass is 32.2. The second kappa shape index (κ2) is 8.49. The number of benzene rings is 2. The summed E-state index contributed by atoms with van der Waals surface area (Å²) < 4.78 is 76.3. The molecule has 0 saturated heterocycles. The molecule has 0 fully saturated rings. The summed E-state index contributed by atoms with van der Waals surface area (Å²) in [6, 6.07) is 8.65. The van der Waals surface area contributed by atoms with Crippen molar-refractivity contribution in [2.75, 3.05) is 13.1 Å². The summed E-state index contributed by atoms with van der Waals surface area (Å²) in [5.41, 5.74) is -0.442. The third kappa shape index (κ3) is 6.65. The predicted octanol–water partition coefficient (Wildman–Crippen LogP) is 2.69. The largest absolute Gasteiger partial charge is 0.416 e. The van der Waals surface area contributed by atoms with E-state index in [0.717, 1.165) is 36.4 Å². The average molecular weight is 404 g/mol. The Labute approximate surface area is 153 Å². The first kappa shape index (κ1) is 20.8. The third-order valence-corrected chi connectivity index (χ3v) is 4.83. The molecule has 5 nitrogen and oxygen atoms in total. The molecule has 2 aromatic rings. The summed E-state index contributed by atoms with van der Waals surface area (Å²) in [4.78, 5) is 11.8. The van der Waals surface area contributed by atoms with E-state index < -0.39 is 33.5 Å². The van der Waals surface area contributed by atoms with Gasteiger partial charge in [-0.05, 0) is 42.0 Å². The molecule has 27 heavy (non-hydrogen) atoms. The number of halogens is 4. The van der Waals surface area contributed by atoms with Crippen LogP contribution in [0.1, 0.15) is 21.5 Å². The molecule has 0 aliphatic heterocycles. The quantitative estimate of drug-likeness (QED) is 0.550. The van der Waals surface area contributed by atoms with E-state index in [4.69, 9.17) is 0 Å². The molecule has 0 saturated carbocycles. The molecular formula is C17H16F4N2O3S. The lowest BCUT2D eigenvalue weighted by molar-refractivity contribution is -0.137. The van der Waals surface area contributed by atoms with Crippen molar-refractivity contribution in [1.29, 1.82) is 0 Å². The molecule has 0 radical (unpaired) electrons. The Morgan fingerprint density at radius 3 is 2.07 bits per heavy atom. The molecule has 1 amide bonds. The molecule has 0 unspecified atom stereocenters. The Morgan fingerprint density at radius 2 is 1.52 bits per heavy atom. The molecule has 10 heteroatoms. The van der Waals surface area contributed by atoms with Crippen LogP contribution < -0.4 is 10.0 Å². The van der Waals surface area contributed by atoms with Gasteiger partial charge in [-0.25, -0.2) is 17.5 Å². The average Bonchev–Trinajstić information content (AvgIpc) is 2.60. The zero-order valence-electron chi connectivity index (χ0n) is 13.9. The van der Waals surface area contributed by atoms with Gasteiger partial charge in [0.25, 0.3) is 5.91 Å². The number of amides is 1. The van der Waals surface area contributed by atoms with Gasteiger partial charge >= 0.3 is 6.18 Å². The van der Waals surface area contributed by atoms with Crippen LogP contribution >= 0.6 is 0 Å². The number of nitrogens with one attached hydrogen (secondary N) is 2. The normalized spacial score (nSPS) is 12.0. The first-order chi connectivity index (χ1) is 12.6. The second-order valence-corrected chi connectivity index (χ2v) is 7.42. The molecule has 0 spiro atoms. The van der Waals surface area contributed by atoms with E-state index in [1.165, 1.54) is 12.1 Å². The van der Waals surface area contributed by atoms with Crippen molar-refractivity contribution in [3.63, 3.8) is 0 Å². The van der Waals surface area contributed by atoms with Crippen LogP contribution in [0.4, 0.5) is 17.6 Å². The predicted molar refractivity (Wildman–Crippen MR) is 90.8 cm³/mol. The summed E-state index contributed by atoms with van der Waals surface area (Å²) in [5, 5.41) is 2.40. The Bertz CT molecular complexity index is 880. The number of rotatable bonds is 7. The van der Waals surface area contributed by atoms with E-state index >= 15 is 0 Å². The molecule has 2 rings (SSSR count). The van der Waals surface area contributed by atoms with Gasteiger partial charge in [0.15, 0.2) is 0 Å². The van der Waals surface area contributed by atoms with E-state index in [1.807, 2.05) is 0 Å². The van der Waals surface area contributed by atoms with Crippen molar-refractivity contribution in [3.8, 4) is 0 Å². The number of carbonyl (C=O) groups excluding carboxylic acids is 1. The highest BCUT2D eigenvalue weighted by molar-refractivity contribution is 7.88. The fourth-order valence-electron chi connectivity index (χ4n) is 2.15. The van der Waals surface area contributed by atoms with Crippen LogP contribution in [0.3, 0.4) is 0 Å². The summed E-state index contributed by atoms with van der Waals surface area (Å²) in [6.45, 7) is -0.154. The van der Waals surface area contributed by atoms with Crippen LogP contribution in [0.15, 0.2) is 48.5 Å². The minimum absolute atomic E-state index is 0.0252. The fraction of sp³-hybridized carbons (Fsp3) is 0.235. The van der Waals surface area contributed by atoms with E-state index in [0.29, 0.717) is 5.56 Å². The Balaban J connectivity index is 1.80. The highest BCUT2D eigenvalue weighted by Gasteiger charge is 2.30. The van der Waals surface area contributed by atoms with Crippen molar-refractivity contribution in [1.82, 2.24) is 10.0 Å². The molecule has 0 heterocycles. The Morgan fingerprint density at radius 1 is 0.926 bits per heavy atom. The Hall–Kier alpha value is -2.46. The summed E-state index contributed by atoms with van der Waals surface area (Å²) >= 11 is 0. The van der Waals surface area contributed by atoms with E-state index in [9.17, 15) is 30.8 Å². The number of hydrogen-bond donors (Lipinski definition) is 2. The molecule has 2 aromatic carbocycles. The molecule has 0 aromatic heterocycles. The van der Waals surface area contributed by atoms with Gasteiger partial charge in [-0.15, -0.1) is 0 Å². The standard InChI is InChI=1S/C17H16F4N2O3S/c18-15-7-1-12(2-8-15)11-27(25,26)23-10-9-22-16(24)13-3-5-14(6-4-13)17(19,20)21/h1-8,23H,9-11H2,(H,22,24). The minimum Gasteiger partial charge on any atom is -0.351 e. The number of sulfonamides is 1. The van der Waals surface area contributed by atoms with Crippen molar-refractivity contribution < 1.29 is 30.8 Å². The Kier molecular flexibility index (Phi) is 6.55. The van der Waals surface area contributed by atoms with Gasteiger partial charge in [0, 0.05) is 18.7 Å². The molecule has 0 aliphatic carbocycles. The van der Waals surface area contributed by atoms with Crippen LogP contribution in [-0.4, -0.2) is 27.4 Å². The van der Waals surface area contributed by atoms with Gasteiger partial charge in [-0.2, -0.15) is 13.2 Å². The van der Waals surface area contributed by atoms with Gasteiger partial charge in [-0.1, -0.05) is 12.1 Å². The van der Waals surface area contributed by atoms with Crippen LogP contribution in [0, 0.1) is 5.82 Å². The van der Waals surface area contributed by atoms with E-state index in [1.54, 1.807) is 0 Å². The molecular weight excluding hydrogens is 388 g/mol. The smallest absolute Gasteiger partial charge is 0.351 e.